The molecule has 0 aliphatic carbocycles. The van der Waals surface area contributed by atoms with Gasteiger partial charge in [-0.05, 0) is 18.6 Å². The Kier molecular flexibility index (Phi) is 5.71. The molecule has 2 N–H and O–H groups in total. The second kappa shape index (κ2) is 6.82. The molecule has 0 fully saturated rings. The predicted molar refractivity (Wildman–Crippen MR) is 73.1 cm³/mol. The molecule has 0 aromatic heterocycles. The van der Waals surface area contributed by atoms with Gasteiger partial charge in [0.2, 0.25) is 0 Å². The summed E-state index contributed by atoms with van der Waals surface area (Å²) in [6.07, 6.45) is 0.731. The molecule has 0 radical (unpaired) electrons. The van der Waals surface area contributed by atoms with Crippen LogP contribution in [0.4, 0.5) is 5.69 Å². The van der Waals surface area contributed by atoms with E-state index >= 15 is 0 Å². The third-order valence-corrected chi connectivity index (χ3v) is 4.15. The van der Waals surface area contributed by atoms with Crippen LogP contribution in [0.2, 0.25) is 5.02 Å². The van der Waals surface area contributed by atoms with Crippen LogP contribution in [0.25, 0.3) is 0 Å². The molecule has 0 saturated heterocycles. The number of benzene rings is 1. The Morgan fingerprint density at radius 2 is 2.22 bits per heavy atom. The Morgan fingerprint density at radius 3 is 2.78 bits per heavy atom. The molecule has 0 heterocycles. The largest absolute Gasteiger partial charge is 0.327 e. The maximum atomic E-state index is 11.8. The molecule has 0 spiro atoms. The first-order valence-corrected chi connectivity index (χ1v) is 7.34. The Hall–Kier alpha value is -0.980. The van der Waals surface area contributed by atoms with Gasteiger partial charge in [-0.3, -0.25) is 14.3 Å². The van der Waals surface area contributed by atoms with E-state index in [2.05, 4.69) is 0 Å². The molecule has 1 aromatic carbocycles. The Morgan fingerprint density at radius 1 is 1.56 bits per heavy atom. The summed E-state index contributed by atoms with van der Waals surface area (Å²) in [4.78, 5) is 10.3. The summed E-state index contributed by atoms with van der Waals surface area (Å²) in [6, 6.07) is 4.22. The van der Waals surface area contributed by atoms with Crippen molar-refractivity contribution in [1.82, 2.24) is 0 Å². The van der Waals surface area contributed by atoms with Crippen molar-refractivity contribution in [2.75, 3.05) is 5.75 Å². The molecule has 0 amide bonds. The molecule has 1 aromatic rings. The number of nitrogens with two attached hydrogens (primary N) is 1. The summed E-state index contributed by atoms with van der Waals surface area (Å²) in [6.45, 7) is 1.91. The zero-order valence-corrected chi connectivity index (χ0v) is 11.5. The third kappa shape index (κ3) is 4.36. The van der Waals surface area contributed by atoms with E-state index in [9.17, 15) is 14.3 Å². The highest BCUT2D eigenvalue weighted by atomic mass is 35.5. The van der Waals surface area contributed by atoms with Gasteiger partial charge in [-0.15, -0.1) is 0 Å². The summed E-state index contributed by atoms with van der Waals surface area (Å²) in [5.41, 5.74) is 6.03. The van der Waals surface area contributed by atoms with Crippen LogP contribution in [0, 0.1) is 10.1 Å². The highest BCUT2D eigenvalue weighted by molar-refractivity contribution is 7.84. The van der Waals surface area contributed by atoms with E-state index in [0.717, 1.165) is 6.42 Å². The Labute approximate surface area is 113 Å². The van der Waals surface area contributed by atoms with Crippen LogP contribution in [0.15, 0.2) is 18.2 Å². The first kappa shape index (κ1) is 15.1. The second-order valence-corrected chi connectivity index (χ2v) is 5.89. The summed E-state index contributed by atoms with van der Waals surface area (Å²) in [5, 5.41) is 11.2. The van der Waals surface area contributed by atoms with E-state index in [1.165, 1.54) is 12.1 Å². The fourth-order valence-corrected chi connectivity index (χ4v) is 3.01. The Balaban J connectivity index is 2.84. The molecule has 0 saturated carbocycles. The molecule has 18 heavy (non-hydrogen) atoms. The highest BCUT2D eigenvalue weighted by Gasteiger charge is 2.17. The topological polar surface area (TPSA) is 86.2 Å². The van der Waals surface area contributed by atoms with Gasteiger partial charge in [-0.2, -0.15) is 0 Å². The number of hydrogen-bond donors (Lipinski definition) is 1. The number of rotatable bonds is 6. The molecular formula is C11H15ClN2O3S. The van der Waals surface area contributed by atoms with Crippen LogP contribution < -0.4 is 5.73 Å². The smallest absolute Gasteiger partial charge is 0.275 e. The van der Waals surface area contributed by atoms with Crippen molar-refractivity contribution in [2.24, 2.45) is 5.73 Å². The number of halogens is 1. The first-order chi connectivity index (χ1) is 8.43. The zero-order valence-electron chi connectivity index (χ0n) is 9.97. The Bertz CT molecular complexity index is 468. The van der Waals surface area contributed by atoms with Crippen LogP contribution in [0.5, 0.6) is 0 Å². The molecule has 5 nitrogen and oxygen atoms in total. The molecule has 0 aliphatic heterocycles. The second-order valence-electron chi connectivity index (χ2n) is 3.95. The number of nitro groups is 1. The lowest BCUT2D eigenvalue weighted by Gasteiger charge is -2.08. The van der Waals surface area contributed by atoms with Gasteiger partial charge in [-0.1, -0.05) is 18.5 Å². The number of hydrogen-bond acceptors (Lipinski definition) is 4. The molecule has 0 aliphatic rings. The number of nitro benzene ring substituents is 1. The molecule has 2 atom stereocenters. The van der Waals surface area contributed by atoms with Crippen molar-refractivity contribution in [1.29, 1.82) is 0 Å². The van der Waals surface area contributed by atoms with E-state index in [1.54, 1.807) is 6.07 Å². The van der Waals surface area contributed by atoms with Crippen molar-refractivity contribution < 1.29 is 9.13 Å². The highest BCUT2D eigenvalue weighted by Crippen LogP contribution is 2.24. The van der Waals surface area contributed by atoms with Gasteiger partial charge < -0.3 is 5.73 Å². The van der Waals surface area contributed by atoms with Gasteiger partial charge in [0.05, 0.1) is 10.7 Å². The van der Waals surface area contributed by atoms with Crippen molar-refractivity contribution >= 4 is 28.1 Å². The fourth-order valence-electron chi connectivity index (χ4n) is 1.42. The van der Waals surface area contributed by atoms with Crippen LogP contribution in [-0.4, -0.2) is 20.9 Å². The van der Waals surface area contributed by atoms with Crippen LogP contribution >= 0.6 is 11.6 Å². The van der Waals surface area contributed by atoms with Crippen molar-refractivity contribution in [2.45, 2.75) is 25.1 Å². The molecular weight excluding hydrogens is 276 g/mol. The third-order valence-electron chi connectivity index (χ3n) is 2.48. The minimum atomic E-state index is -1.21. The van der Waals surface area contributed by atoms with E-state index in [-0.39, 0.29) is 17.5 Å². The van der Waals surface area contributed by atoms with Gasteiger partial charge in [-0.25, -0.2) is 0 Å². The first-order valence-electron chi connectivity index (χ1n) is 5.47. The average Bonchev–Trinajstić information content (AvgIpc) is 2.30. The fraction of sp³-hybridized carbons (Fsp3) is 0.455. The normalized spacial score (nSPS) is 14.2. The van der Waals surface area contributed by atoms with E-state index < -0.39 is 15.7 Å². The predicted octanol–water partition coefficient (Wildman–Crippen LogP) is 2.23. The standard InChI is InChI=1S/C11H15ClN2O3S/c1-2-10(13)7-18(17)6-8-3-4-9(12)5-11(8)14(15)16/h3-5,10H,2,6-7,13H2,1H3. The molecule has 2 unspecified atom stereocenters. The van der Waals surface area contributed by atoms with Crippen LogP contribution in [0.1, 0.15) is 18.9 Å². The molecule has 7 heteroatoms. The lowest BCUT2D eigenvalue weighted by molar-refractivity contribution is -0.385. The summed E-state index contributed by atoms with van der Waals surface area (Å²) in [7, 11) is -1.21. The minimum absolute atomic E-state index is 0.0964. The number of nitrogens with zero attached hydrogens (tertiary/aromatic N) is 1. The van der Waals surface area contributed by atoms with Crippen molar-refractivity contribution in [3.63, 3.8) is 0 Å². The average molecular weight is 291 g/mol. The van der Waals surface area contributed by atoms with Gasteiger partial charge in [0.1, 0.15) is 0 Å². The van der Waals surface area contributed by atoms with E-state index in [4.69, 9.17) is 17.3 Å². The van der Waals surface area contributed by atoms with Gasteiger partial charge in [0, 0.05) is 39.2 Å². The molecule has 0 bridgehead atoms. The molecule has 100 valence electrons. The lowest BCUT2D eigenvalue weighted by Crippen LogP contribution is -2.26. The van der Waals surface area contributed by atoms with E-state index in [0.29, 0.717) is 16.3 Å². The van der Waals surface area contributed by atoms with Crippen LogP contribution in [-0.2, 0) is 16.6 Å². The van der Waals surface area contributed by atoms with Crippen molar-refractivity contribution in [3.05, 3.63) is 38.9 Å². The monoisotopic (exact) mass is 290 g/mol. The lowest BCUT2D eigenvalue weighted by atomic mass is 10.2. The maximum absolute atomic E-state index is 11.8. The van der Waals surface area contributed by atoms with Crippen molar-refractivity contribution in [3.8, 4) is 0 Å². The van der Waals surface area contributed by atoms with Crippen LogP contribution in [0.3, 0.4) is 0 Å². The quantitative estimate of drug-likeness (QED) is 0.643. The maximum Gasteiger partial charge on any atom is 0.275 e. The van der Waals surface area contributed by atoms with Gasteiger partial charge in [0.25, 0.3) is 5.69 Å². The molecule has 1 rings (SSSR count). The summed E-state index contributed by atoms with van der Waals surface area (Å²) >= 11 is 5.70. The van der Waals surface area contributed by atoms with E-state index in [1.807, 2.05) is 6.92 Å². The van der Waals surface area contributed by atoms with Gasteiger partial charge in [0.15, 0.2) is 0 Å². The summed E-state index contributed by atoms with van der Waals surface area (Å²) < 4.78 is 11.8. The van der Waals surface area contributed by atoms with Gasteiger partial charge >= 0.3 is 0 Å². The summed E-state index contributed by atoms with van der Waals surface area (Å²) in [5.74, 6) is 0.470. The SMILES string of the molecule is CCC(N)CS(=O)Cc1ccc(Cl)cc1[N+](=O)[O-]. The minimum Gasteiger partial charge on any atom is -0.327 e. The zero-order chi connectivity index (χ0) is 13.7.